The van der Waals surface area contributed by atoms with Crippen molar-refractivity contribution in [3.05, 3.63) is 34.3 Å². The highest BCUT2D eigenvalue weighted by Crippen LogP contribution is 2.19. The fraction of sp³-hybridized carbons (Fsp3) is 0.417. The molecule has 3 nitrogen and oxygen atoms in total. The monoisotopic (exact) mass is 285 g/mol. The predicted molar refractivity (Wildman–Crippen MR) is 67.2 cm³/mol. The lowest BCUT2D eigenvalue weighted by molar-refractivity contribution is -0.143. The predicted octanol–water partition coefficient (Wildman–Crippen LogP) is 2.66. The number of esters is 1. The quantitative estimate of drug-likeness (QED) is 0.846. The van der Waals surface area contributed by atoms with E-state index < -0.39 is 0 Å². The highest BCUT2D eigenvalue weighted by atomic mass is 79.9. The van der Waals surface area contributed by atoms with Crippen molar-refractivity contribution in [2.24, 2.45) is 0 Å². The van der Waals surface area contributed by atoms with Gasteiger partial charge >= 0.3 is 5.97 Å². The van der Waals surface area contributed by atoms with Crippen molar-refractivity contribution in [1.29, 1.82) is 0 Å². The van der Waals surface area contributed by atoms with Gasteiger partial charge in [0.25, 0.3) is 0 Å². The number of carbonyl (C=O) groups is 1. The van der Waals surface area contributed by atoms with E-state index in [2.05, 4.69) is 21.2 Å². The molecule has 0 heterocycles. The number of benzene rings is 1. The molecule has 0 bridgehead atoms. The Hall–Kier alpha value is -0.870. The van der Waals surface area contributed by atoms with Crippen LogP contribution in [0.2, 0.25) is 0 Å². The van der Waals surface area contributed by atoms with Crippen molar-refractivity contribution in [3.8, 4) is 0 Å². The van der Waals surface area contributed by atoms with Gasteiger partial charge in [-0.1, -0.05) is 28.1 Å². The van der Waals surface area contributed by atoms with Gasteiger partial charge in [0.1, 0.15) is 0 Å². The van der Waals surface area contributed by atoms with Crippen LogP contribution in [0.15, 0.2) is 28.7 Å². The third-order valence-electron chi connectivity index (χ3n) is 2.30. The molecule has 0 aromatic heterocycles. The van der Waals surface area contributed by atoms with Gasteiger partial charge in [-0.3, -0.25) is 4.79 Å². The number of hydrogen-bond donors (Lipinski definition) is 1. The summed E-state index contributed by atoms with van der Waals surface area (Å²) in [5, 5.41) is 3.11. The van der Waals surface area contributed by atoms with Crippen LogP contribution in [0, 0.1) is 0 Å². The highest BCUT2D eigenvalue weighted by Gasteiger charge is 2.14. The molecular formula is C12H16BrNO2. The minimum Gasteiger partial charge on any atom is -0.466 e. The molecule has 0 fully saturated rings. The summed E-state index contributed by atoms with van der Waals surface area (Å²) in [6.45, 7) is 2.24. The zero-order valence-electron chi connectivity index (χ0n) is 9.50. The van der Waals surface area contributed by atoms with E-state index >= 15 is 0 Å². The molecule has 1 atom stereocenters. The highest BCUT2D eigenvalue weighted by molar-refractivity contribution is 9.10. The van der Waals surface area contributed by atoms with Gasteiger partial charge in [-0.25, -0.2) is 0 Å². The molecule has 1 unspecified atom stereocenters. The summed E-state index contributed by atoms with van der Waals surface area (Å²) >= 11 is 3.38. The van der Waals surface area contributed by atoms with E-state index in [1.54, 1.807) is 0 Å². The van der Waals surface area contributed by atoms with E-state index in [1.165, 1.54) is 0 Å². The summed E-state index contributed by atoms with van der Waals surface area (Å²) in [5.74, 6) is -0.176. The number of halogens is 1. The second kappa shape index (κ2) is 6.66. The fourth-order valence-corrected chi connectivity index (χ4v) is 1.73. The topological polar surface area (TPSA) is 38.3 Å². The Morgan fingerprint density at radius 2 is 2.06 bits per heavy atom. The summed E-state index contributed by atoms with van der Waals surface area (Å²) in [5.41, 5.74) is 1.08. The summed E-state index contributed by atoms with van der Waals surface area (Å²) < 4.78 is 5.96. The molecule has 1 aromatic rings. The molecule has 0 radical (unpaired) electrons. The van der Waals surface area contributed by atoms with E-state index in [1.807, 2.05) is 38.2 Å². The Balaban J connectivity index is 2.67. The lowest BCUT2D eigenvalue weighted by Crippen LogP contribution is -2.21. The Morgan fingerprint density at radius 3 is 2.56 bits per heavy atom. The van der Waals surface area contributed by atoms with Gasteiger partial charge in [-0.15, -0.1) is 0 Å². The van der Waals surface area contributed by atoms with Crippen LogP contribution in [0.3, 0.4) is 0 Å². The second-order valence-corrected chi connectivity index (χ2v) is 4.32. The van der Waals surface area contributed by atoms with E-state index in [4.69, 9.17) is 4.74 Å². The molecule has 1 aromatic carbocycles. The average Bonchev–Trinajstić information content (AvgIpc) is 2.27. The molecule has 0 aliphatic carbocycles. The van der Waals surface area contributed by atoms with Crippen LogP contribution in [0.5, 0.6) is 0 Å². The van der Waals surface area contributed by atoms with Crippen LogP contribution < -0.4 is 5.32 Å². The number of ether oxygens (including phenoxy) is 1. The van der Waals surface area contributed by atoms with Crippen molar-refractivity contribution in [2.75, 3.05) is 13.7 Å². The van der Waals surface area contributed by atoms with Crippen molar-refractivity contribution >= 4 is 21.9 Å². The van der Waals surface area contributed by atoms with Gasteiger partial charge in [0, 0.05) is 10.5 Å². The molecule has 0 saturated heterocycles. The van der Waals surface area contributed by atoms with Gasteiger partial charge in [-0.2, -0.15) is 0 Å². The Kier molecular flexibility index (Phi) is 5.49. The first-order valence-electron chi connectivity index (χ1n) is 5.25. The SMILES string of the molecule is CCOC(=O)CC(NC)c1ccc(Br)cc1. The number of nitrogens with one attached hydrogen (secondary N) is 1. The van der Waals surface area contributed by atoms with Crippen molar-refractivity contribution in [2.45, 2.75) is 19.4 Å². The van der Waals surface area contributed by atoms with E-state index in [0.717, 1.165) is 10.0 Å². The van der Waals surface area contributed by atoms with Crippen LogP contribution in [0.4, 0.5) is 0 Å². The molecule has 16 heavy (non-hydrogen) atoms. The van der Waals surface area contributed by atoms with Crippen molar-refractivity contribution in [3.63, 3.8) is 0 Å². The van der Waals surface area contributed by atoms with Gasteiger partial charge in [-0.05, 0) is 31.7 Å². The molecule has 0 spiro atoms. The van der Waals surface area contributed by atoms with E-state index in [-0.39, 0.29) is 12.0 Å². The average molecular weight is 286 g/mol. The molecule has 4 heteroatoms. The first-order chi connectivity index (χ1) is 7.67. The standard InChI is InChI=1S/C12H16BrNO2/c1-3-16-12(15)8-11(14-2)9-4-6-10(13)7-5-9/h4-7,11,14H,3,8H2,1-2H3. The van der Waals surface area contributed by atoms with Gasteiger partial charge in [0.15, 0.2) is 0 Å². The third-order valence-corrected chi connectivity index (χ3v) is 2.83. The molecular weight excluding hydrogens is 270 g/mol. The Labute approximate surface area is 104 Å². The van der Waals surface area contributed by atoms with Gasteiger partial charge < -0.3 is 10.1 Å². The lowest BCUT2D eigenvalue weighted by atomic mass is 10.0. The molecule has 0 aliphatic rings. The van der Waals surface area contributed by atoms with Crippen LogP contribution in [0.1, 0.15) is 24.9 Å². The van der Waals surface area contributed by atoms with Crippen LogP contribution in [0.25, 0.3) is 0 Å². The van der Waals surface area contributed by atoms with Crippen LogP contribution in [-0.4, -0.2) is 19.6 Å². The van der Waals surface area contributed by atoms with Crippen LogP contribution >= 0.6 is 15.9 Å². The molecule has 88 valence electrons. The maximum absolute atomic E-state index is 11.4. The molecule has 0 amide bonds. The smallest absolute Gasteiger partial charge is 0.307 e. The summed E-state index contributed by atoms with van der Waals surface area (Å²) in [7, 11) is 1.84. The van der Waals surface area contributed by atoms with Crippen LogP contribution in [-0.2, 0) is 9.53 Å². The minimum absolute atomic E-state index is 0.00662. The van der Waals surface area contributed by atoms with Gasteiger partial charge in [0.05, 0.1) is 13.0 Å². The maximum atomic E-state index is 11.4. The number of hydrogen-bond acceptors (Lipinski definition) is 3. The maximum Gasteiger partial charge on any atom is 0.307 e. The fourth-order valence-electron chi connectivity index (χ4n) is 1.47. The van der Waals surface area contributed by atoms with Crippen molar-refractivity contribution < 1.29 is 9.53 Å². The number of rotatable bonds is 5. The summed E-state index contributed by atoms with van der Waals surface area (Å²) in [6, 6.07) is 7.91. The molecule has 1 rings (SSSR count). The molecule has 1 N–H and O–H groups in total. The second-order valence-electron chi connectivity index (χ2n) is 3.40. The zero-order chi connectivity index (χ0) is 12.0. The zero-order valence-corrected chi connectivity index (χ0v) is 11.1. The summed E-state index contributed by atoms with van der Waals surface area (Å²) in [4.78, 5) is 11.4. The minimum atomic E-state index is -0.176. The largest absolute Gasteiger partial charge is 0.466 e. The van der Waals surface area contributed by atoms with E-state index in [0.29, 0.717) is 13.0 Å². The molecule has 0 aliphatic heterocycles. The Morgan fingerprint density at radius 1 is 1.44 bits per heavy atom. The van der Waals surface area contributed by atoms with E-state index in [9.17, 15) is 4.79 Å². The first kappa shape index (κ1) is 13.2. The molecule has 0 saturated carbocycles. The Bertz CT molecular complexity index is 337. The van der Waals surface area contributed by atoms with Crippen molar-refractivity contribution in [1.82, 2.24) is 5.32 Å². The van der Waals surface area contributed by atoms with Gasteiger partial charge in [0.2, 0.25) is 0 Å². The lowest BCUT2D eigenvalue weighted by Gasteiger charge is -2.15. The third kappa shape index (κ3) is 3.94. The summed E-state index contributed by atoms with van der Waals surface area (Å²) in [6.07, 6.45) is 0.353. The first-order valence-corrected chi connectivity index (χ1v) is 6.05. The normalized spacial score (nSPS) is 12.2. The number of carbonyl (C=O) groups excluding carboxylic acids is 1.